The molecule has 33 heavy (non-hydrogen) atoms. The van der Waals surface area contributed by atoms with E-state index in [1.807, 2.05) is 6.07 Å². The summed E-state index contributed by atoms with van der Waals surface area (Å²) in [6.07, 6.45) is 3.33. The van der Waals surface area contributed by atoms with Crippen molar-refractivity contribution < 1.29 is 17.2 Å². The molecule has 1 heterocycles. The van der Waals surface area contributed by atoms with Gasteiger partial charge in [-0.2, -0.15) is 4.31 Å². The molecule has 0 aliphatic rings. The molecule has 0 aliphatic carbocycles. The van der Waals surface area contributed by atoms with E-state index in [2.05, 4.69) is 15.3 Å². The first-order chi connectivity index (χ1) is 15.8. The number of sulfonamides is 1. The number of hydrogen-bond acceptors (Lipinski definition) is 6. The molecule has 0 spiro atoms. The van der Waals surface area contributed by atoms with Crippen LogP contribution in [-0.4, -0.2) is 48.6 Å². The first kappa shape index (κ1) is 24.7. The molecule has 0 amide bonds. The average Bonchev–Trinajstić information content (AvgIpc) is 2.77. The van der Waals surface area contributed by atoms with Crippen molar-refractivity contribution in [3.8, 4) is 11.3 Å². The summed E-state index contributed by atoms with van der Waals surface area (Å²) in [5.74, 6) is -0.648. The lowest BCUT2D eigenvalue weighted by molar-refractivity contribution is 0.405. The summed E-state index contributed by atoms with van der Waals surface area (Å²) in [6.45, 7) is 1.28. The van der Waals surface area contributed by atoms with E-state index < -0.39 is 15.8 Å². The molecule has 10 heteroatoms. The molecule has 0 bridgehead atoms. The van der Waals surface area contributed by atoms with Gasteiger partial charge in [-0.1, -0.05) is 30.3 Å². The molecule has 0 saturated heterocycles. The first-order valence-corrected chi connectivity index (χ1v) is 12.4. The van der Waals surface area contributed by atoms with Crippen LogP contribution in [0.4, 0.5) is 14.7 Å². The minimum atomic E-state index is -3.42. The maximum Gasteiger partial charge on any atom is 0.223 e. The zero-order valence-electron chi connectivity index (χ0n) is 18.3. The van der Waals surface area contributed by atoms with E-state index in [1.54, 1.807) is 30.3 Å². The van der Waals surface area contributed by atoms with Gasteiger partial charge in [0.25, 0.3) is 0 Å². The molecule has 3 aromatic rings. The van der Waals surface area contributed by atoms with Gasteiger partial charge in [-0.15, -0.1) is 0 Å². The minimum Gasteiger partial charge on any atom is -0.354 e. The van der Waals surface area contributed by atoms with Crippen LogP contribution in [0.3, 0.4) is 0 Å². The van der Waals surface area contributed by atoms with Crippen molar-refractivity contribution in [2.45, 2.75) is 19.4 Å². The van der Waals surface area contributed by atoms with Crippen molar-refractivity contribution in [3.63, 3.8) is 0 Å². The highest BCUT2D eigenvalue weighted by molar-refractivity contribution is 7.88. The lowest BCUT2D eigenvalue weighted by Crippen LogP contribution is -2.31. The Hall–Kier alpha value is -2.95. The largest absolute Gasteiger partial charge is 0.354 e. The van der Waals surface area contributed by atoms with Gasteiger partial charge in [0, 0.05) is 25.2 Å². The number of anilines is 1. The average molecular weight is 476 g/mol. The van der Waals surface area contributed by atoms with Crippen LogP contribution in [0.5, 0.6) is 0 Å². The number of nitrogens with one attached hydrogen (secondary N) is 1. The van der Waals surface area contributed by atoms with Gasteiger partial charge in [0.15, 0.2) is 5.82 Å². The Bertz CT molecular complexity index is 1190. The number of benzene rings is 2. The SMILES string of the molecule is CS(=O)(=O)N(CCCN)Cc1cccc(-c2nc(NCCc3cccc(F)c3)ncc2F)c1. The van der Waals surface area contributed by atoms with Gasteiger partial charge < -0.3 is 11.1 Å². The Kier molecular flexibility index (Phi) is 8.43. The number of hydrogen-bond donors (Lipinski definition) is 2. The van der Waals surface area contributed by atoms with Crippen molar-refractivity contribution in [1.29, 1.82) is 0 Å². The standard InChI is InChI=1S/C23H27F2N5O2S/c1-33(31,32)30(12-4-10-26)16-18-6-2-7-19(13-18)22-21(25)15-28-23(29-22)27-11-9-17-5-3-8-20(24)14-17/h2-3,5-8,13-15H,4,9-12,16,26H2,1H3,(H,27,28,29). The number of halogens is 2. The highest BCUT2D eigenvalue weighted by Gasteiger charge is 2.17. The summed E-state index contributed by atoms with van der Waals surface area (Å²) >= 11 is 0. The molecule has 1 aromatic heterocycles. The van der Waals surface area contributed by atoms with Crippen LogP contribution in [0, 0.1) is 11.6 Å². The molecule has 3 rings (SSSR count). The topological polar surface area (TPSA) is 101 Å². The van der Waals surface area contributed by atoms with Crippen LogP contribution < -0.4 is 11.1 Å². The van der Waals surface area contributed by atoms with E-state index in [0.717, 1.165) is 18.0 Å². The fraction of sp³-hybridized carbons (Fsp3) is 0.304. The smallest absolute Gasteiger partial charge is 0.223 e. The third-order valence-corrected chi connectivity index (χ3v) is 6.22. The Balaban J connectivity index is 1.74. The Labute approximate surface area is 192 Å². The zero-order valence-corrected chi connectivity index (χ0v) is 19.2. The molecule has 7 nitrogen and oxygen atoms in total. The number of nitrogens with two attached hydrogens (primary N) is 1. The Morgan fingerprint density at radius 3 is 2.58 bits per heavy atom. The minimum absolute atomic E-state index is 0.105. The van der Waals surface area contributed by atoms with Crippen LogP contribution in [0.1, 0.15) is 17.5 Å². The third-order valence-electron chi connectivity index (χ3n) is 4.97. The van der Waals surface area contributed by atoms with Crippen LogP contribution in [0.2, 0.25) is 0 Å². The summed E-state index contributed by atoms with van der Waals surface area (Å²) in [5.41, 5.74) is 7.65. The summed E-state index contributed by atoms with van der Waals surface area (Å²) in [4.78, 5) is 8.27. The molecular formula is C23H27F2N5O2S. The molecule has 2 aromatic carbocycles. The summed E-state index contributed by atoms with van der Waals surface area (Å²) in [7, 11) is -3.42. The number of rotatable bonds is 11. The Morgan fingerprint density at radius 1 is 1.09 bits per heavy atom. The maximum absolute atomic E-state index is 14.5. The highest BCUT2D eigenvalue weighted by Crippen LogP contribution is 2.23. The molecule has 0 unspecified atom stereocenters. The molecule has 0 saturated carbocycles. The van der Waals surface area contributed by atoms with Crippen LogP contribution in [-0.2, 0) is 23.0 Å². The van der Waals surface area contributed by atoms with E-state index in [0.29, 0.717) is 43.6 Å². The van der Waals surface area contributed by atoms with Crippen LogP contribution in [0.25, 0.3) is 11.3 Å². The van der Waals surface area contributed by atoms with E-state index in [-0.39, 0.29) is 24.0 Å². The molecule has 0 aliphatic heterocycles. The van der Waals surface area contributed by atoms with Crippen molar-refractivity contribution in [2.24, 2.45) is 5.73 Å². The van der Waals surface area contributed by atoms with E-state index in [4.69, 9.17) is 5.73 Å². The number of nitrogens with zero attached hydrogens (tertiary/aromatic N) is 3. The third kappa shape index (κ3) is 7.28. The van der Waals surface area contributed by atoms with E-state index >= 15 is 0 Å². The highest BCUT2D eigenvalue weighted by atomic mass is 32.2. The van der Waals surface area contributed by atoms with Gasteiger partial charge >= 0.3 is 0 Å². The second-order valence-electron chi connectivity index (χ2n) is 7.64. The molecule has 0 fully saturated rings. The Morgan fingerprint density at radius 2 is 1.85 bits per heavy atom. The second-order valence-corrected chi connectivity index (χ2v) is 9.62. The molecular weight excluding hydrogens is 448 g/mol. The van der Waals surface area contributed by atoms with Crippen molar-refractivity contribution in [3.05, 3.63) is 77.5 Å². The fourth-order valence-electron chi connectivity index (χ4n) is 3.32. The van der Waals surface area contributed by atoms with E-state index in [1.165, 1.54) is 16.4 Å². The normalized spacial score (nSPS) is 11.7. The summed E-state index contributed by atoms with van der Waals surface area (Å²) < 4.78 is 53.4. The predicted octanol–water partition coefficient (Wildman–Crippen LogP) is 3.19. The molecule has 176 valence electrons. The molecule has 0 radical (unpaired) electrons. The zero-order chi connectivity index (χ0) is 23.8. The van der Waals surface area contributed by atoms with Gasteiger partial charge in [-0.25, -0.2) is 27.2 Å². The van der Waals surface area contributed by atoms with Crippen molar-refractivity contribution in [2.75, 3.05) is 31.2 Å². The van der Waals surface area contributed by atoms with Crippen LogP contribution in [0.15, 0.2) is 54.7 Å². The van der Waals surface area contributed by atoms with Gasteiger partial charge in [0.05, 0.1) is 12.5 Å². The summed E-state index contributed by atoms with van der Waals surface area (Å²) in [6, 6.07) is 13.2. The lowest BCUT2D eigenvalue weighted by Gasteiger charge is -2.20. The number of aromatic nitrogens is 2. The van der Waals surface area contributed by atoms with Gasteiger partial charge in [0.1, 0.15) is 11.5 Å². The molecule has 3 N–H and O–H groups in total. The van der Waals surface area contributed by atoms with Gasteiger partial charge in [-0.3, -0.25) is 0 Å². The fourth-order valence-corrected chi connectivity index (χ4v) is 4.16. The summed E-state index contributed by atoms with van der Waals surface area (Å²) in [5, 5.41) is 3.03. The van der Waals surface area contributed by atoms with E-state index in [9.17, 15) is 17.2 Å². The van der Waals surface area contributed by atoms with Crippen molar-refractivity contribution in [1.82, 2.24) is 14.3 Å². The first-order valence-electron chi connectivity index (χ1n) is 10.5. The lowest BCUT2D eigenvalue weighted by atomic mass is 10.1. The maximum atomic E-state index is 14.5. The van der Waals surface area contributed by atoms with Crippen LogP contribution >= 0.6 is 0 Å². The van der Waals surface area contributed by atoms with Crippen molar-refractivity contribution >= 4 is 16.0 Å². The van der Waals surface area contributed by atoms with Gasteiger partial charge in [0.2, 0.25) is 16.0 Å². The second kappa shape index (κ2) is 11.3. The van der Waals surface area contributed by atoms with Gasteiger partial charge in [-0.05, 0) is 48.7 Å². The quantitative estimate of drug-likeness (QED) is 0.442. The predicted molar refractivity (Wildman–Crippen MR) is 125 cm³/mol. The molecule has 0 atom stereocenters. The monoisotopic (exact) mass is 475 g/mol.